The Morgan fingerprint density at radius 1 is 1.42 bits per heavy atom. The normalized spacial score (nSPS) is 23.5. The molecule has 0 radical (unpaired) electrons. The molecule has 4 heteroatoms. The fourth-order valence-electron chi connectivity index (χ4n) is 3.38. The monoisotopic (exact) mass is 251 g/mol. The Bertz CT molecular complexity index is 698. The third-order valence-corrected chi connectivity index (χ3v) is 4.31. The number of nitrogens with zero attached hydrogens (tertiary/aromatic N) is 3. The van der Waals surface area contributed by atoms with Gasteiger partial charge in [-0.25, -0.2) is 4.98 Å². The van der Waals surface area contributed by atoms with Gasteiger partial charge in [0.2, 0.25) is 0 Å². The molecule has 94 valence electrons. The van der Waals surface area contributed by atoms with Crippen LogP contribution in [0.25, 0.3) is 0 Å². The number of rotatable bonds is 0. The molecular weight excluding hydrogens is 238 g/mol. The van der Waals surface area contributed by atoms with Crippen LogP contribution in [0.5, 0.6) is 5.75 Å². The number of aromatic nitrogens is 2. The largest absolute Gasteiger partial charge is 0.492 e. The molecular formula is C15H13N3O. The molecule has 3 heterocycles. The van der Waals surface area contributed by atoms with Crippen molar-refractivity contribution in [2.75, 3.05) is 6.61 Å². The molecule has 0 saturated carbocycles. The van der Waals surface area contributed by atoms with Crippen molar-refractivity contribution >= 4 is 0 Å². The van der Waals surface area contributed by atoms with Gasteiger partial charge in [0.1, 0.15) is 12.4 Å². The molecule has 4 nitrogen and oxygen atoms in total. The zero-order valence-electron chi connectivity index (χ0n) is 10.5. The molecule has 0 aliphatic carbocycles. The quantitative estimate of drug-likeness (QED) is 0.721. The van der Waals surface area contributed by atoms with Gasteiger partial charge < -0.3 is 9.30 Å². The average Bonchev–Trinajstić information content (AvgIpc) is 3.05. The van der Waals surface area contributed by atoms with Gasteiger partial charge in [-0.1, -0.05) is 6.07 Å². The number of imidazole rings is 1. The first kappa shape index (κ1) is 10.6. The molecule has 19 heavy (non-hydrogen) atoms. The van der Waals surface area contributed by atoms with Crippen molar-refractivity contribution in [1.82, 2.24) is 9.55 Å². The fourth-order valence-corrected chi connectivity index (χ4v) is 3.38. The number of nitriles is 1. The van der Waals surface area contributed by atoms with Gasteiger partial charge in [-0.15, -0.1) is 0 Å². The number of fused-ring (bicyclic) bond motifs is 4. The summed E-state index contributed by atoms with van der Waals surface area (Å²) in [6, 6.07) is 7.94. The molecule has 0 N–H and O–H groups in total. The van der Waals surface area contributed by atoms with Gasteiger partial charge in [0.15, 0.2) is 0 Å². The third kappa shape index (κ3) is 1.30. The van der Waals surface area contributed by atoms with Gasteiger partial charge in [0.25, 0.3) is 0 Å². The molecule has 0 fully saturated rings. The van der Waals surface area contributed by atoms with Crippen molar-refractivity contribution in [3.63, 3.8) is 0 Å². The highest BCUT2D eigenvalue weighted by molar-refractivity contribution is 5.53. The van der Waals surface area contributed by atoms with E-state index < -0.39 is 0 Å². The average molecular weight is 251 g/mol. The van der Waals surface area contributed by atoms with Gasteiger partial charge in [-0.05, 0) is 25.0 Å². The molecule has 1 aromatic heterocycles. The minimum atomic E-state index is -0.0714. The lowest BCUT2D eigenvalue weighted by Gasteiger charge is -2.33. The summed E-state index contributed by atoms with van der Waals surface area (Å²) < 4.78 is 8.09. The highest BCUT2D eigenvalue weighted by Gasteiger charge is 2.45. The predicted molar refractivity (Wildman–Crippen MR) is 68.9 cm³/mol. The number of aryl methyl sites for hydroxylation is 1. The number of hydrogen-bond acceptors (Lipinski definition) is 3. The van der Waals surface area contributed by atoms with Crippen LogP contribution in [0.15, 0.2) is 30.7 Å². The van der Waals surface area contributed by atoms with E-state index in [1.54, 1.807) is 0 Å². The van der Waals surface area contributed by atoms with Gasteiger partial charge in [0.05, 0.1) is 29.1 Å². The molecule has 1 atom stereocenters. The van der Waals surface area contributed by atoms with E-state index in [0.29, 0.717) is 12.2 Å². The van der Waals surface area contributed by atoms with E-state index in [0.717, 1.165) is 25.1 Å². The summed E-state index contributed by atoms with van der Waals surface area (Å²) in [4.78, 5) is 4.28. The summed E-state index contributed by atoms with van der Waals surface area (Å²) >= 11 is 0. The van der Waals surface area contributed by atoms with E-state index >= 15 is 0 Å². The summed E-state index contributed by atoms with van der Waals surface area (Å²) in [6.45, 7) is 1.69. The Kier molecular flexibility index (Phi) is 2.02. The maximum absolute atomic E-state index is 8.98. The van der Waals surface area contributed by atoms with Crippen molar-refractivity contribution in [1.29, 1.82) is 5.26 Å². The molecule has 2 aliphatic heterocycles. The van der Waals surface area contributed by atoms with Crippen LogP contribution < -0.4 is 4.74 Å². The van der Waals surface area contributed by atoms with Crippen LogP contribution in [-0.2, 0) is 12.0 Å². The van der Waals surface area contributed by atoms with Crippen molar-refractivity contribution in [3.8, 4) is 11.8 Å². The SMILES string of the molecule is N#Cc1ccc2c(c1)OCC21CCCn2cncc21. The Hall–Kier alpha value is -2.28. The summed E-state index contributed by atoms with van der Waals surface area (Å²) in [5, 5.41) is 8.98. The highest BCUT2D eigenvalue weighted by Crippen LogP contribution is 2.48. The number of hydrogen-bond donors (Lipinski definition) is 0. The lowest BCUT2D eigenvalue weighted by Crippen LogP contribution is -2.35. The van der Waals surface area contributed by atoms with Gasteiger partial charge in [-0.2, -0.15) is 5.26 Å². The van der Waals surface area contributed by atoms with Crippen molar-refractivity contribution in [3.05, 3.63) is 47.5 Å². The van der Waals surface area contributed by atoms with E-state index in [4.69, 9.17) is 10.00 Å². The lowest BCUT2D eigenvalue weighted by molar-refractivity contribution is 0.253. The van der Waals surface area contributed by atoms with E-state index in [2.05, 4.69) is 15.6 Å². The minimum absolute atomic E-state index is 0.0714. The van der Waals surface area contributed by atoms with Crippen LogP contribution in [0.3, 0.4) is 0 Å². The van der Waals surface area contributed by atoms with Gasteiger partial charge >= 0.3 is 0 Å². The van der Waals surface area contributed by atoms with Gasteiger partial charge in [0, 0.05) is 18.3 Å². The molecule has 1 spiro atoms. The standard InChI is InChI=1S/C15H13N3O/c16-7-11-2-3-12-13(6-11)19-9-15(12)4-1-5-18-10-17-8-14(15)18/h2-3,6,8,10H,1,4-5,9H2. The smallest absolute Gasteiger partial charge is 0.124 e. The maximum Gasteiger partial charge on any atom is 0.124 e. The molecule has 4 rings (SSSR count). The molecule has 0 saturated heterocycles. The summed E-state index contributed by atoms with van der Waals surface area (Å²) in [5.74, 6) is 0.855. The van der Waals surface area contributed by atoms with E-state index in [-0.39, 0.29) is 5.41 Å². The van der Waals surface area contributed by atoms with Crippen LogP contribution >= 0.6 is 0 Å². The van der Waals surface area contributed by atoms with Crippen LogP contribution in [0.2, 0.25) is 0 Å². The van der Waals surface area contributed by atoms with Crippen molar-refractivity contribution in [2.45, 2.75) is 24.8 Å². The first-order valence-corrected chi connectivity index (χ1v) is 6.51. The maximum atomic E-state index is 8.98. The predicted octanol–water partition coefficient (Wildman–Crippen LogP) is 2.23. The molecule has 0 bridgehead atoms. The third-order valence-electron chi connectivity index (χ3n) is 4.31. The summed E-state index contributed by atoms with van der Waals surface area (Å²) in [6.07, 6.45) is 6.07. The van der Waals surface area contributed by atoms with Crippen LogP contribution in [0, 0.1) is 11.3 Å². The Labute approximate surface area is 111 Å². The minimum Gasteiger partial charge on any atom is -0.492 e. The zero-order valence-corrected chi connectivity index (χ0v) is 10.5. The van der Waals surface area contributed by atoms with Crippen LogP contribution in [-0.4, -0.2) is 16.2 Å². The highest BCUT2D eigenvalue weighted by atomic mass is 16.5. The van der Waals surface area contributed by atoms with E-state index in [9.17, 15) is 0 Å². The van der Waals surface area contributed by atoms with Crippen LogP contribution in [0.4, 0.5) is 0 Å². The molecule has 0 amide bonds. The Balaban J connectivity index is 1.92. The summed E-state index contributed by atoms with van der Waals surface area (Å²) in [5.41, 5.74) is 3.02. The molecule has 2 aliphatic rings. The Morgan fingerprint density at radius 3 is 3.26 bits per heavy atom. The zero-order chi connectivity index (χ0) is 12.9. The lowest BCUT2D eigenvalue weighted by atomic mass is 9.74. The van der Waals surface area contributed by atoms with Crippen molar-refractivity contribution < 1.29 is 4.74 Å². The van der Waals surface area contributed by atoms with Crippen LogP contribution in [0.1, 0.15) is 29.7 Å². The topological polar surface area (TPSA) is 50.8 Å². The van der Waals surface area contributed by atoms with E-state index in [1.165, 1.54) is 11.3 Å². The Morgan fingerprint density at radius 2 is 2.37 bits per heavy atom. The second-order valence-electron chi connectivity index (χ2n) is 5.27. The number of benzene rings is 1. The number of ether oxygens (including phenoxy) is 1. The second-order valence-corrected chi connectivity index (χ2v) is 5.27. The van der Waals surface area contributed by atoms with E-state index in [1.807, 2.05) is 30.7 Å². The van der Waals surface area contributed by atoms with Gasteiger partial charge in [-0.3, -0.25) is 0 Å². The fraction of sp³-hybridized carbons (Fsp3) is 0.333. The first-order valence-electron chi connectivity index (χ1n) is 6.51. The molecule has 2 aromatic rings. The summed E-state index contributed by atoms with van der Waals surface area (Å²) in [7, 11) is 0. The first-order chi connectivity index (χ1) is 9.33. The second kappa shape index (κ2) is 3.61. The van der Waals surface area contributed by atoms with Crippen molar-refractivity contribution in [2.24, 2.45) is 0 Å². The molecule has 1 aromatic carbocycles. The molecule has 1 unspecified atom stereocenters.